The minimum atomic E-state index is -0.314. The second-order valence-corrected chi connectivity index (χ2v) is 5.12. The fourth-order valence-electron chi connectivity index (χ4n) is 1.75. The molecule has 0 bridgehead atoms. The molecule has 4 N–H and O–H groups in total. The highest BCUT2D eigenvalue weighted by Crippen LogP contribution is 2.24. The molecule has 0 aliphatic heterocycles. The summed E-state index contributed by atoms with van der Waals surface area (Å²) < 4.78 is 0. The van der Waals surface area contributed by atoms with Crippen LogP contribution in [-0.2, 0) is 0 Å². The summed E-state index contributed by atoms with van der Waals surface area (Å²) in [4.78, 5) is 12.3. The molecule has 0 aromatic heterocycles. The monoisotopic (exact) mass is 309 g/mol. The predicted octanol–water partition coefficient (Wildman–Crippen LogP) is 3.84. The lowest BCUT2D eigenvalue weighted by atomic mass is 10.1. The standard InChI is InChI=1S/C14H13Cl2N3O/c1-8-2-3-10(16)7-13(8)18-14(20)11-6-9(15)4-5-12(11)19-17/h2-7,19H,17H2,1H3,(H,18,20). The van der Waals surface area contributed by atoms with Crippen LogP contribution in [0.2, 0.25) is 10.0 Å². The largest absolute Gasteiger partial charge is 0.323 e. The first-order valence-corrected chi connectivity index (χ1v) is 6.60. The summed E-state index contributed by atoms with van der Waals surface area (Å²) in [6, 6.07) is 10.1. The number of nitrogens with two attached hydrogens (primary N) is 1. The van der Waals surface area contributed by atoms with Crippen molar-refractivity contribution in [1.82, 2.24) is 0 Å². The fraction of sp³-hybridized carbons (Fsp3) is 0.0714. The van der Waals surface area contributed by atoms with Gasteiger partial charge in [0.25, 0.3) is 5.91 Å². The molecule has 4 nitrogen and oxygen atoms in total. The first-order chi connectivity index (χ1) is 9.51. The van der Waals surface area contributed by atoms with Crippen molar-refractivity contribution < 1.29 is 4.79 Å². The minimum absolute atomic E-state index is 0.314. The Labute approximate surface area is 126 Å². The normalized spacial score (nSPS) is 10.2. The number of anilines is 2. The summed E-state index contributed by atoms with van der Waals surface area (Å²) in [5, 5.41) is 3.80. The highest BCUT2D eigenvalue weighted by Gasteiger charge is 2.13. The van der Waals surface area contributed by atoms with Crippen molar-refractivity contribution in [2.24, 2.45) is 5.84 Å². The van der Waals surface area contributed by atoms with Gasteiger partial charge in [-0.2, -0.15) is 0 Å². The third kappa shape index (κ3) is 3.22. The van der Waals surface area contributed by atoms with E-state index in [0.717, 1.165) is 5.56 Å². The van der Waals surface area contributed by atoms with E-state index in [2.05, 4.69) is 10.7 Å². The zero-order valence-corrected chi connectivity index (χ0v) is 12.2. The van der Waals surface area contributed by atoms with E-state index in [0.29, 0.717) is 27.0 Å². The molecule has 104 valence electrons. The number of hydrazine groups is 1. The van der Waals surface area contributed by atoms with Crippen LogP contribution in [0, 0.1) is 6.92 Å². The number of nitrogens with one attached hydrogen (secondary N) is 2. The summed E-state index contributed by atoms with van der Waals surface area (Å²) in [7, 11) is 0. The number of aryl methyl sites for hydroxylation is 1. The zero-order chi connectivity index (χ0) is 14.7. The lowest BCUT2D eigenvalue weighted by Crippen LogP contribution is -2.17. The molecule has 2 rings (SSSR count). The molecule has 0 atom stereocenters. The van der Waals surface area contributed by atoms with E-state index in [1.54, 1.807) is 30.3 Å². The maximum atomic E-state index is 12.3. The van der Waals surface area contributed by atoms with Crippen molar-refractivity contribution in [1.29, 1.82) is 0 Å². The average Bonchev–Trinajstić information content (AvgIpc) is 2.42. The maximum Gasteiger partial charge on any atom is 0.257 e. The molecule has 0 heterocycles. The van der Waals surface area contributed by atoms with Crippen molar-refractivity contribution in [2.75, 3.05) is 10.7 Å². The first-order valence-electron chi connectivity index (χ1n) is 5.85. The number of nitrogen functional groups attached to an aromatic ring is 1. The predicted molar refractivity (Wildman–Crippen MR) is 83.4 cm³/mol. The van der Waals surface area contributed by atoms with Gasteiger partial charge in [-0.1, -0.05) is 29.3 Å². The second kappa shape index (κ2) is 6.13. The number of carbonyl (C=O) groups excluding carboxylic acids is 1. The summed E-state index contributed by atoms with van der Waals surface area (Å²) in [6.45, 7) is 1.88. The molecule has 0 saturated heterocycles. The Morgan fingerprint density at radius 1 is 1.05 bits per heavy atom. The molecule has 0 saturated carbocycles. The van der Waals surface area contributed by atoms with Gasteiger partial charge in [-0.25, -0.2) is 0 Å². The van der Waals surface area contributed by atoms with Gasteiger partial charge in [0, 0.05) is 15.7 Å². The molecule has 20 heavy (non-hydrogen) atoms. The number of amides is 1. The van der Waals surface area contributed by atoms with Gasteiger partial charge in [-0.05, 0) is 42.8 Å². The van der Waals surface area contributed by atoms with Crippen LogP contribution in [0.15, 0.2) is 36.4 Å². The Kier molecular flexibility index (Phi) is 4.49. The van der Waals surface area contributed by atoms with Gasteiger partial charge in [-0.3, -0.25) is 10.6 Å². The van der Waals surface area contributed by atoms with Crippen LogP contribution in [0.3, 0.4) is 0 Å². The number of rotatable bonds is 3. The topological polar surface area (TPSA) is 67.2 Å². The minimum Gasteiger partial charge on any atom is -0.323 e. The SMILES string of the molecule is Cc1ccc(Cl)cc1NC(=O)c1cc(Cl)ccc1NN. The summed E-state index contributed by atoms with van der Waals surface area (Å²) in [6.07, 6.45) is 0. The van der Waals surface area contributed by atoms with Crippen LogP contribution in [0.25, 0.3) is 0 Å². The third-order valence-corrected chi connectivity index (χ3v) is 3.30. The van der Waals surface area contributed by atoms with Gasteiger partial charge < -0.3 is 10.7 Å². The smallest absolute Gasteiger partial charge is 0.257 e. The highest BCUT2D eigenvalue weighted by atomic mass is 35.5. The van der Waals surface area contributed by atoms with Gasteiger partial charge in [0.15, 0.2) is 0 Å². The van der Waals surface area contributed by atoms with E-state index in [9.17, 15) is 4.79 Å². The number of carbonyl (C=O) groups is 1. The number of halogens is 2. The molecular formula is C14H13Cl2N3O. The van der Waals surface area contributed by atoms with E-state index in [1.807, 2.05) is 13.0 Å². The second-order valence-electron chi connectivity index (χ2n) is 4.25. The van der Waals surface area contributed by atoms with Crippen LogP contribution in [-0.4, -0.2) is 5.91 Å². The van der Waals surface area contributed by atoms with Crippen LogP contribution < -0.4 is 16.6 Å². The molecular weight excluding hydrogens is 297 g/mol. The van der Waals surface area contributed by atoms with Gasteiger partial charge >= 0.3 is 0 Å². The molecule has 1 amide bonds. The van der Waals surface area contributed by atoms with E-state index >= 15 is 0 Å². The van der Waals surface area contributed by atoms with Crippen molar-refractivity contribution in [3.63, 3.8) is 0 Å². The number of hydrogen-bond donors (Lipinski definition) is 3. The fourth-order valence-corrected chi connectivity index (χ4v) is 2.09. The molecule has 0 aliphatic carbocycles. The first kappa shape index (κ1) is 14.7. The molecule has 2 aromatic rings. The Morgan fingerprint density at radius 2 is 1.70 bits per heavy atom. The summed E-state index contributed by atoms with van der Waals surface area (Å²) >= 11 is 11.8. The molecule has 6 heteroatoms. The summed E-state index contributed by atoms with van der Waals surface area (Å²) in [5.74, 6) is 5.08. The van der Waals surface area contributed by atoms with E-state index < -0.39 is 0 Å². The Balaban J connectivity index is 2.32. The molecule has 0 radical (unpaired) electrons. The Bertz CT molecular complexity index is 659. The van der Waals surface area contributed by atoms with Gasteiger partial charge in [-0.15, -0.1) is 0 Å². The van der Waals surface area contributed by atoms with Crippen molar-refractivity contribution in [3.05, 3.63) is 57.6 Å². The molecule has 0 unspecified atom stereocenters. The van der Waals surface area contributed by atoms with Crippen molar-refractivity contribution in [2.45, 2.75) is 6.92 Å². The van der Waals surface area contributed by atoms with Crippen LogP contribution in [0.1, 0.15) is 15.9 Å². The van der Waals surface area contributed by atoms with E-state index in [1.165, 1.54) is 0 Å². The highest BCUT2D eigenvalue weighted by molar-refractivity contribution is 6.31. The molecule has 2 aromatic carbocycles. The third-order valence-electron chi connectivity index (χ3n) is 2.83. The van der Waals surface area contributed by atoms with Crippen molar-refractivity contribution in [3.8, 4) is 0 Å². The van der Waals surface area contributed by atoms with Crippen LogP contribution >= 0.6 is 23.2 Å². The van der Waals surface area contributed by atoms with Gasteiger partial charge in [0.1, 0.15) is 0 Å². The van der Waals surface area contributed by atoms with E-state index in [-0.39, 0.29) is 5.91 Å². The van der Waals surface area contributed by atoms with Crippen molar-refractivity contribution >= 4 is 40.5 Å². The van der Waals surface area contributed by atoms with Crippen LogP contribution in [0.4, 0.5) is 11.4 Å². The lowest BCUT2D eigenvalue weighted by molar-refractivity contribution is 0.102. The van der Waals surface area contributed by atoms with Gasteiger partial charge in [0.05, 0.1) is 11.3 Å². The average molecular weight is 310 g/mol. The van der Waals surface area contributed by atoms with E-state index in [4.69, 9.17) is 29.0 Å². The Hall–Kier alpha value is -1.75. The molecule has 0 aliphatic rings. The molecule has 0 spiro atoms. The molecule has 0 fully saturated rings. The Morgan fingerprint density at radius 3 is 2.40 bits per heavy atom. The lowest BCUT2D eigenvalue weighted by Gasteiger charge is -2.12. The number of benzene rings is 2. The maximum absolute atomic E-state index is 12.3. The van der Waals surface area contributed by atoms with Crippen LogP contribution in [0.5, 0.6) is 0 Å². The number of hydrogen-bond acceptors (Lipinski definition) is 3. The quantitative estimate of drug-likeness (QED) is 0.596. The van der Waals surface area contributed by atoms with Gasteiger partial charge in [0.2, 0.25) is 0 Å². The zero-order valence-electron chi connectivity index (χ0n) is 10.7. The summed E-state index contributed by atoms with van der Waals surface area (Å²) in [5.41, 5.74) is 4.88.